The van der Waals surface area contributed by atoms with Gasteiger partial charge in [0.25, 0.3) is 0 Å². The molecule has 0 amide bonds. The number of nitrogens with zero attached hydrogens (tertiary/aromatic N) is 4. The Balaban J connectivity index is 2.72. The first-order chi connectivity index (χ1) is 6.59. The van der Waals surface area contributed by atoms with E-state index in [0.29, 0.717) is 5.92 Å². The Kier molecular flexibility index (Phi) is 1.98. The minimum absolute atomic E-state index is 0.409. The van der Waals surface area contributed by atoms with Gasteiger partial charge >= 0.3 is 0 Å². The van der Waals surface area contributed by atoms with Crippen molar-refractivity contribution in [2.75, 3.05) is 0 Å². The van der Waals surface area contributed by atoms with Crippen molar-refractivity contribution >= 4 is 11.2 Å². The molecule has 0 unspecified atom stereocenters. The van der Waals surface area contributed by atoms with Gasteiger partial charge in [-0.1, -0.05) is 13.8 Å². The summed E-state index contributed by atoms with van der Waals surface area (Å²) in [6.45, 7) is 6.24. The molecule has 0 aromatic carbocycles. The Hall–Kier alpha value is -1.45. The molecular weight excluding hydrogens is 176 g/mol. The average molecular weight is 190 g/mol. The standard InChI is InChI=1S/C10H14N4/c1-6(2)9-7(3)12-10-8(13-9)5-11-14(10)4/h5-6H,1-4H3. The molecule has 0 fully saturated rings. The predicted molar refractivity (Wildman–Crippen MR) is 55.1 cm³/mol. The normalized spacial score (nSPS) is 11.5. The molecule has 0 saturated heterocycles. The van der Waals surface area contributed by atoms with Crippen LogP contribution in [-0.2, 0) is 7.05 Å². The maximum Gasteiger partial charge on any atom is 0.176 e. The highest BCUT2D eigenvalue weighted by Gasteiger charge is 2.10. The predicted octanol–water partition coefficient (Wildman–Crippen LogP) is 1.80. The molecule has 2 rings (SSSR count). The van der Waals surface area contributed by atoms with Gasteiger partial charge in [-0.05, 0) is 12.8 Å². The van der Waals surface area contributed by atoms with E-state index in [-0.39, 0.29) is 0 Å². The van der Waals surface area contributed by atoms with Gasteiger partial charge in [0.1, 0.15) is 5.52 Å². The summed E-state index contributed by atoms with van der Waals surface area (Å²) in [6, 6.07) is 0. The summed E-state index contributed by atoms with van der Waals surface area (Å²) >= 11 is 0. The van der Waals surface area contributed by atoms with Gasteiger partial charge in [-0.2, -0.15) is 5.10 Å². The molecule has 4 nitrogen and oxygen atoms in total. The van der Waals surface area contributed by atoms with Gasteiger partial charge in [0.05, 0.1) is 17.6 Å². The Bertz CT molecular complexity index is 470. The van der Waals surface area contributed by atoms with E-state index in [1.165, 1.54) is 0 Å². The molecule has 74 valence electrons. The van der Waals surface area contributed by atoms with E-state index in [4.69, 9.17) is 0 Å². The van der Waals surface area contributed by atoms with Gasteiger partial charge in [0.15, 0.2) is 5.65 Å². The fourth-order valence-corrected chi connectivity index (χ4v) is 1.60. The van der Waals surface area contributed by atoms with Gasteiger partial charge in [-0.15, -0.1) is 0 Å². The molecule has 0 radical (unpaired) electrons. The molecule has 0 aliphatic carbocycles. The zero-order valence-corrected chi connectivity index (χ0v) is 8.94. The van der Waals surface area contributed by atoms with Crippen LogP contribution in [0.25, 0.3) is 11.2 Å². The SMILES string of the molecule is Cc1nc2c(cnn2C)nc1C(C)C. The maximum absolute atomic E-state index is 4.55. The van der Waals surface area contributed by atoms with Crippen LogP contribution in [0.5, 0.6) is 0 Å². The van der Waals surface area contributed by atoms with Crippen LogP contribution < -0.4 is 0 Å². The largest absolute Gasteiger partial charge is 0.249 e. The number of aromatic nitrogens is 4. The molecule has 0 saturated carbocycles. The van der Waals surface area contributed by atoms with E-state index in [2.05, 4.69) is 28.9 Å². The number of fused-ring (bicyclic) bond motifs is 1. The summed E-state index contributed by atoms with van der Waals surface area (Å²) in [7, 11) is 1.88. The van der Waals surface area contributed by atoms with E-state index >= 15 is 0 Å². The summed E-state index contributed by atoms with van der Waals surface area (Å²) in [6.07, 6.45) is 1.76. The molecule has 0 bridgehead atoms. The van der Waals surface area contributed by atoms with Crippen molar-refractivity contribution in [1.82, 2.24) is 19.7 Å². The number of hydrogen-bond donors (Lipinski definition) is 0. The van der Waals surface area contributed by atoms with Crippen LogP contribution in [0.15, 0.2) is 6.20 Å². The zero-order valence-electron chi connectivity index (χ0n) is 8.94. The van der Waals surface area contributed by atoms with Gasteiger partial charge < -0.3 is 0 Å². The van der Waals surface area contributed by atoms with Crippen molar-refractivity contribution in [3.8, 4) is 0 Å². The second-order valence-electron chi connectivity index (χ2n) is 3.83. The lowest BCUT2D eigenvalue weighted by molar-refractivity contribution is 0.774. The summed E-state index contributed by atoms with van der Waals surface area (Å²) in [5, 5.41) is 4.13. The van der Waals surface area contributed by atoms with Crippen molar-refractivity contribution in [3.05, 3.63) is 17.6 Å². The van der Waals surface area contributed by atoms with Crippen LogP contribution in [0, 0.1) is 6.92 Å². The average Bonchev–Trinajstić information content (AvgIpc) is 2.46. The van der Waals surface area contributed by atoms with Crippen LogP contribution in [-0.4, -0.2) is 19.7 Å². The Morgan fingerprint density at radius 1 is 1.29 bits per heavy atom. The third kappa shape index (κ3) is 1.27. The van der Waals surface area contributed by atoms with Crippen molar-refractivity contribution in [2.24, 2.45) is 7.05 Å². The van der Waals surface area contributed by atoms with Crippen molar-refractivity contribution in [1.29, 1.82) is 0 Å². The van der Waals surface area contributed by atoms with E-state index < -0.39 is 0 Å². The van der Waals surface area contributed by atoms with Crippen molar-refractivity contribution in [2.45, 2.75) is 26.7 Å². The lowest BCUT2D eigenvalue weighted by Gasteiger charge is -2.07. The smallest absolute Gasteiger partial charge is 0.176 e. The van der Waals surface area contributed by atoms with Crippen LogP contribution in [0.3, 0.4) is 0 Å². The highest BCUT2D eigenvalue weighted by Crippen LogP contribution is 2.18. The Labute approximate surface area is 83.0 Å². The van der Waals surface area contributed by atoms with Gasteiger partial charge in [0, 0.05) is 7.05 Å². The van der Waals surface area contributed by atoms with Crippen molar-refractivity contribution in [3.63, 3.8) is 0 Å². The molecule has 0 aliphatic heterocycles. The summed E-state index contributed by atoms with van der Waals surface area (Å²) in [4.78, 5) is 9.04. The van der Waals surface area contributed by atoms with Gasteiger partial charge in [0.2, 0.25) is 0 Å². The number of aryl methyl sites for hydroxylation is 2. The van der Waals surface area contributed by atoms with Crippen LogP contribution in [0.1, 0.15) is 31.2 Å². The molecular formula is C10H14N4. The van der Waals surface area contributed by atoms with Crippen LogP contribution >= 0.6 is 0 Å². The minimum atomic E-state index is 0.409. The fourth-order valence-electron chi connectivity index (χ4n) is 1.60. The van der Waals surface area contributed by atoms with Gasteiger partial charge in [-0.3, -0.25) is 0 Å². The molecule has 0 N–H and O–H groups in total. The first kappa shape index (κ1) is 9.12. The van der Waals surface area contributed by atoms with E-state index in [1.54, 1.807) is 10.9 Å². The minimum Gasteiger partial charge on any atom is -0.249 e. The highest BCUT2D eigenvalue weighted by molar-refractivity contribution is 5.69. The fraction of sp³-hybridized carbons (Fsp3) is 0.500. The van der Waals surface area contributed by atoms with E-state index in [0.717, 1.165) is 22.6 Å². The maximum atomic E-state index is 4.55. The summed E-state index contributed by atoms with van der Waals surface area (Å²) < 4.78 is 1.75. The molecule has 0 spiro atoms. The first-order valence-corrected chi connectivity index (χ1v) is 4.76. The summed E-state index contributed by atoms with van der Waals surface area (Å²) in [5.74, 6) is 0.409. The molecule has 2 heterocycles. The zero-order chi connectivity index (χ0) is 10.3. The monoisotopic (exact) mass is 190 g/mol. The third-order valence-corrected chi connectivity index (χ3v) is 2.32. The molecule has 14 heavy (non-hydrogen) atoms. The topological polar surface area (TPSA) is 43.6 Å². The Morgan fingerprint density at radius 3 is 2.64 bits per heavy atom. The first-order valence-electron chi connectivity index (χ1n) is 4.76. The molecule has 4 heteroatoms. The van der Waals surface area contributed by atoms with Crippen LogP contribution in [0.4, 0.5) is 0 Å². The highest BCUT2D eigenvalue weighted by atomic mass is 15.3. The molecule has 0 aliphatic rings. The van der Waals surface area contributed by atoms with E-state index in [1.807, 2.05) is 14.0 Å². The summed E-state index contributed by atoms with van der Waals surface area (Å²) in [5.41, 5.74) is 3.79. The number of rotatable bonds is 1. The lowest BCUT2D eigenvalue weighted by atomic mass is 10.1. The molecule has 2 aromatic heterocycles. The lowest BCUT2D eigenvalue weighted by Crippen LogP contribution is -2.01. The van der Waals surface area contributed by atoms with E-state index in [9.17, 15) is 0 Å². The Morgan fingerprint density at radius 2 is 2.00 bits per heavy atom. The van der Waals surface area contributed by atoms with Crippen LogP contribution in [0.2, 0.25) is 0 Å². The third-order valence-electron chi connectivity index (χ3n) is 2.32. The quantitative estimate of drug-likeness (QED) is 0.688. The van der Waals surface area contributed by atoms with Crippen molar-refractivity contribution < 1.29 is 0 Å². The second kappa shape index (κ2) is 3.04. The molecule has 2 aromatic rings. The van der Waals surface area contributed by atoms with Gasteiger partial charge in [-0.25, -0.2) is 14.6 Å². The number of hydrogen-bond acceptors (Lipinski definition) is 3. The second-order valence-corrected chi connectivity index (χ2v) is 3.83. The molecule has 0 atom stereocenters.